The molecule has 0 fully saturated rings. The van der Waals surface area contributed by atoms with Crippen molar-refractivity contribution < 1.29 is 19.1 Å². The Labute approximate surface area is 201 Å². The number of allylic oxidation sites excluding steroid dienone is 12. The second-order valence-corrected chi connectivity index (χ2v) is 7.40. The first-order valence-corrected chi connectivity index (χ1v) is 12.4. The van der Waals surface area contributed by atoms with Gasteiger partial charge in [-0.05, 0) is 71.6 Å². The molecule has 0 aliphatic rings. The third-order valence-electron chi connectivity index (χ3n) is 4.60. The maximum Gasteiger partial charge on any atom is 0.320 e. The van der Waals surface area contributed by atoms with Crippen LogP contribution in [0.1, 0.15) is 78.6 Å². The van der Waals surface area contributed by atoms with E-state index in [2.05, 4.69) is 79.8 Å². The molecule has 0 spiro atoms. The molecule has 0 atom stereocenters. The highest BCUT2D eigenvalue weighted by atomic mass is 16.6. The zero-order valence-corrected chi connectivity index (χ0v) is 20.9. The molecular formula is C29H44O4. The van der Waals surface area contributed by atoms with E-state index in [4.69, 9.17) is 9.47 Å². The number of carbonyl (C=O) groups is 2. The molecule has 0 aromatic heterocycles. The van der Waals surface area contributed by atoms with Gasteiger partial charge in [0.25, 0.3) is 0 Å². The standard InChI is InChI=1S/C29H44O4/c1-4-7-8-9-10-11-12-13-14-15-16-17-18-19-20-21-22-23-24-25-26-27(28(30)32-5-2)29(31)33-6-3/h7-8,10-11,13-14,16-17,19-20,22-23,27H,4-6,9,12,15,18,21,24-26H2,1-3H3. The van der Waals surface area contributed by atoms with Gasteiger partial charge < -0.3 is 9.47 Å². The van der Waals surface area contributed by atoms with E-state index in [0.717, 1.165) is 51.4 Å². The zero-order valence-electron chi connectivity index (χ0n) is 20.9. The smallest absolute Gasteiger partial charge is 0.320 e. The van der Waals surface area contributed by atoms with Crippen molar-refractivity contribution >= 4 is 11.9 Å². The van der Waals surface area contributed by atoms with E-state index < -0.39 is 17.9 Å². The van der Waals surface area contributed by atoms with E-state index >= 15 is 0 Å². The summed E-state index contributed by atoms with van der Waals surface area (Å²) in [7, 11) is 0. The molecule has 0 heterocycles. The molecule has 0 N–H and O–H groups in total. The van der Waals surface area contributed by atoms with Crippen molar-refractivity contribution in [2.45, 2.75) is 78.6 Å². The van der Waals surface area contributed by atoms with E-state index in [1.54, 1.807) is 13.8 Å². The zero-order chi connectivity index (χ0) is 24.4. The number of carbonyl (C=O) groups excluding carboxylic acids is 2. The Morgan fingerprint density at radius 1 is 0.576 bits per heavy atom. The number of unbranched alkanes of at least 4 members (excludes halogenated alkanes) is 1. The Balaban J connectivity index is 3.89. The molecular weight excluding hydrogens is 412 g/mol. The van der Waals surface area contributed by atoms with Crippen LogP contribution in [0.5, 0.6) is 0 Å². The number of esters is 2. The van der Waals surface area contributed by atoms with Gasteiger partial charge in [-0.25, -0.2) is 0 Å². The summed E-state index contributed by atoms with van der Waals surface area (Å²) in [5.74, 6) is -1.79. The molecule has 0 bridgehead atoms. The fourth-order valence-corrected chi connectivity index (χ4v) is 2.90. The van der Waals surface area contributed by atoms with Gasteiger partial charge in [0, 0.05) is 0 Å². The van der Waals surface area contributed by atoms with E-state index in [1.165, 1.54) is 0 Å². The summed E-state index contributed by atoms with van der Waals surface area (Å²) in [6, 6.07) is 0. The average molecular weight is 457 g/mol. The van der Waals surface area contributed by atoms with Crippen molar-refractivity contribution in [1.82, 2.24) is 0 Å². The monoisotopic (exact) mass is 456 g/mol. The molecule has 0 radical (unpaired) electrons. The first-order chi connectivity index (χ1) is 16.2. The van der Waals surface area contributed by atoms with Crippen LogP contribution in [0.15, 0.2) is 72.9 Å². The molecule has 4 heteroatoms. The number of rotatable bonds is 19. The molecule has 184 valence electrons. The molecule has 0 aliphatic carbocycles. The Morgan fingerprint density at radius 3 is 1.30 bits per heavy atom. The molecule has 0 saturated carbocycles. The van der Waals surface area contributed by atoms with Gasteiger partial charge in [0.1, 0.15) is 0 Å². The van der Waals surface area contributed by atoms with Crippen molar-refractivity contribution in [3.63, 3.8) is 0 Å². The second-order valence-electron chi connectivity index (χ2n) is 7.40. The summed E-state index contributed by atoms with van der Waals surface area (Å²) < 4.78 is 9.97. The van der Waals surface area contributed by atoms with Crippen LogP contribution in [-0.4, -0.2) is 25.2 Å². The van der Waals surface area contributed by atoms with Gasteiger partial charge in [0.15, 0.2) is 5.92 Å². The molecule has 4 nitrogen and oxygen atoms in total. The summed E-state index contributed by atoms with van der Waals surface area (Å²) in [6.45, 7) is 6.15. The minimum absolute atomic E-state index is 0.266. The second kappa shape index (κ2) is 24.0. The Bertz CT molecular complexity index is 647. The van der Waals surface area contributed by atoms with E-state index in [-0.39, 0.29) is 13.2 Å². The maximum atomic E-state index is 11.9. The van der Waals surface area contributed by atoms with Gasteiger partial charge >= 0.3 is 11.9 Å². The fraction of sp³-hybridized carbons (Fsp3) is 0.517. The van der Waals surface area contributed by atoms with Crippen LogP contribution in [0.2, 0.25) is 0 Å². The van der Waals surface area contributed by atoms with Crippen molar-refractivity contribution in [3.05, 3.63) is 72.9 Å². The quantitative estimate of drug-likeness (QED) is 0.0869. The van der Waals surface area contributed by atoms with Crippen molar-refractivity contribution in [2.24, 2.45) is 5.92 Å². The van der Waals surface area contributed by atoms with E-state index in [9.17, 15) is 9.59 Å². The van der Waals surface area contributed by atoms with Crippen LogP contribution in [0.4, 0.5) is 0 Å². The molecule has 0 amide bonds. The van der Waals surface area contributed by atoms with Crippen molar-refractivity contribution in [2.75, 3.05) is 13.2 Å². The first kappa shape index (κ1) is 30.4. The molecule has 0 unspecified atom stereocenters. The number of hydrogen-bond donors (Lipinski definition) is 0. The summed E-state index contributed by atoms with van der Waals surface area (Å²) in [6.07, 6.45) is 34.0. The summed E-state index contributed by atoms with van der Waals surface area (Å²) in [4.78, 5) is 23.9. The normalized spacial score (nSPS) is 12.6. The largest absolute Gasteiger partial charge is 0.465 e. The lowest BCUT2D eigenvalue weighted by Gasteiger charge is -2.13. The van der Waals surface area contributed by atoms with Gasteiger partial charge in [0.05, 0.1) is 13.2 Å². The fourth-order valence-electron chi connectivity index (χ4n) is 2.90. The van der Waals surface area contributed by atoms with Gasteiger partial charge in [-0.15, -0.1) is 0 Å². The van der Waals surface area contributed by atoms with Crippen LogP contribution < -0.4 is 0 Å². The predicted octanol–water partition coefficient (Wildman–Crippen LogP) is 7.60. The molecule has 0 saturated heterocycles. The van der Waals surface area contributed by atoms with Gasteiger partial charge in [-0.2, -0.15) is 0 Å². The lowest BCUT2D eigenvalue weighted by molar-refractivity contribution is -0.161. The predicted molar refractivity (Wildman–Crippen MR) is 139 cm³/mol. The maximum absolute atomic E-state index is 11.9. The third-order valence-corrected chi connectivity index (χ3v) is 4.60. The topological polar surface area (TPSA) is 52.6 Å². The van der Waals surface area contributed by atoms with Crippen LogP contribution in [0, 0.1) is 5.92 Å². The van der Waals surface area contributed by atoms with Gasteiger partial charge in [0.2, 0.25) is 0 Å². The van der Waals surface area contributed by atoms with Crippen LogP contribution >= 0.6 is 0 Å². The lowest BCUT2D eigenvalue weighted by atomic mass is 10.0. The summed E-state index contributed by atoms with van der Waals surface area (Å²) >= 11 is 0. The van der Waals surface area contributed by atoms with E-state index in [1.807, 2.05) is 0 Å². The SMILES string of the molecule is CCC=CCC=CCC=CCC=CCC=CCC=CCCCC(C(=O)OCC)C(=O)OCC. The highest BCUT2D eigenvalue weighted by Gasteiger charge is 2.28. The van der Waals surface area contributed by atoms with Crippen molar-refractivity contribution in [3.8, 4) is 0 Å². The van der Waals surface area contributed by atoms with Crippen molar-refractivity contribution in [1.29, 1.82) is 0 Å². The Hall–Kier alpha value is -2.62. The molecule has 0 aromatic rings. The minimum atomic E-state index is -0.815. The molecule has 0 aliphatic heterocycles. The number of ether oxygens (including phenoxy) is 2. The molecule has 0 aromatic carbocycles. The summed E-state index contributed by atoms with van der Waals surface area (Å²) in [5.41, 5.74) is 0. The number of hydrogen-bond acceptors (Lipinski definition) is 4. The van der Waals surface area contributed by atoms with Gasteiger partial charge in [-0.3, -0.25) is 9.59 Å². The first-order valence-electron chi connectivity index (χ1n) is 12.4. The molecule has 33 heavy (non-hydrogen) atoms. The Morgan fingerprint density at radius 2 is 0.939 bits per heavy atom. The van der Waals surface area contributed by atoms with Gasteiger partial charge in [-0.1, -0.05) is 79.8 Å². The van der Waals surface area contributed by atoms with E-state index in [0.29, 0.717) is 6.42 Å². The highest BCUT2D eigenvalue weighted by Crippen LogP contribution is 2.14. The van der Waals surface area contributed by atoms with Crippen LogP contribution in [0.3, 0.4) is 0 Å². The van der Waals surface area contributed by atoms with Crippen LogP contribution in [0.25, 0.3) is 0 Å². The lowest BCUT2D eigenvalue weighted by Crippen LogP contribution is -2.28. The minimum Gasteiger partial charge on any atom is -0.465 e. The molecule has 0 rings (SSSR count). The highest BCUT2D eigenvalue weighted by molar-refractivity contribution is 5.94. The Kier molecular flexibility index (Phi) is 22.1. The third kappa shape index (κ3) is 19.8. The van der Waals surface area contributed by atoms with Crippen LogP contribution in [-0.2, 0) is 19.1 Å². The average Bonchev–Trinajstić information content (AvgIpc) is 2.80. The summed E-state index contributed by atoms with van der Waals surface area (Å²) in [5, 5.41) is 0.